The average molecular weight is 453 g/mol. The number of nitro groups is 1. The molecule has 2 saturated carbocycles. The highest BCUT2D eigenvalue weighted by Gasteiger charge is 2.78. The molecule has 0 spiro atoms. The van der Waals surface area contributed by atoms with Crippen LogP contribution in [0.25, 0.3) is 0 Å². The lowest BCUT2D eigenvalue weighted by molar-refractivity contribution is -0.384. The largest absolute Gasteiger partial charge is 0.274 e. The number of nitro benzene ring substituents is 1. The Morgan fingerprint density at radius 1 is 0.906 bits per heavy atom. The van der Waals surface area contributed by atoms with E-state index in [0.717, 1.165) is 10.5 Å². The number of imide groups is 1. The number of non-ortho nitro benzene ring substituents is 1. The van der Waals surface area contributed by atoms with Gasteiger partial charge < -0.3 is 0 Å². The summed E-state index contributed by atoms with van der Waals surface area (Å²) in [5.74, 6) is -2.12. The lowest BCUT2D eigenvalue weighted by atomic mass is 9.81. The molecule has 2 saturated heterocycles. The van der Waals surface area contributed by atoms with Crippen LogP contribution in [0, 0.1) is 40.7 Å². The van der Waals surface area contributed by atoms with Gasteiger partial charge in [-0.1, -0.05) is 17.7 Å². The molecule has 2 aromatic rings. The van der Waals surface area contributed by atoms with Gasteiger partial charge in [0.1, 0.15) is 0 Å². The highest BCUT2D eigenvalue weighted by Crippen LogP contribution is 2.66. The molecular formula is C22H19N3O6S. The van der Waals surface area contributed by atoms with E-state index in [1.54, 1.807) is 24.3 Å². The van der Waals surface area contributed by atoms with Gasteiger partial charge in [-0.05, 0) is 49.4 Å². The summed E-state index contributed by atoms with van der Waals surface area (Å²) < 4.78 is 27.9. The van der Waals surface area contributed by atoms with Crippen molar-refractivity contribution in [3.8, 4) is 0 Å². The Morgan fingerprint density at radius 3 is 1.94 bits per heavy atom. The molecule has 2 amide bonds. The van der Waals surface area contributed by atoms with Gasteiger partial charge in [0.05, 0.1) is 27.3 Å². The van der Waals surface area contributed by atoms with E-state index >= 15 is 0 Å². The van der Waals surface area contributed by atoms with Gasteiger partial charge in [0.2, 0.25) is 21.8 Å². The number of benzene rings is 2. The number of carbonyl (C=O) groups is 2. The van der Waals surface area contributed by atoms with Crippen LogP contribution in [0.1, 0.15) is 12.0 Å². The summed E-state index contributed by atoms with van der Waals surface area (Å²) in [4.78, 5) is 38.2. The number of rotatable bonds is 4. The minimum absolute atomic E-state index is 0.119. The number of piperidine rings is 1. The maximum Gasteiger partial charge on any atom is 0.269 e. The van der Waals surface area contributed by atoms with Crippen molar-refractivity contribution in [3.63, 3.8) is 0 Å². The van der Waals surface area contributed by atoms with Gasteiger partial charge >= 0.3 is 0 Å². The van der Waals surface area contributed by atoms with Gasteiger partial charge in [-0.3, -0.25) is 24.6 Å². The first kappa shape index (κ1) is 19.6. The van der Waals surface area contributed by atoms with E-state index in [0.29, 0.717) is 12.1 Å². The maximum atomic E-state index is 13.2. The van der Waals surface area contributed by atoms with Crippen LogP contribution in [0.5, 0.6) is 0 Å². The second kappa shape index (κ2) is 6.23. The Morgan fingerprint density at radius 2 is 1.44 bits per heavy atom. The fourth-order valence-corrected chi connectivity index (χ4v) is 8.06. The molecule has 2 aromatic carbocycles. The minimum atomic E-state index is -3.68. The SMILES string of the molecule is Cc1ccc(S(=O)(=O)N2[C@@H]3[C@H]4C[C@H]([C@H]5C(=O)N(c6ccc([N+](=O)[O-])cc6)C(=O)[C@@H]45)[C@@H]32)cc1. The summed E-state index contributed by atoms with van der Waals surface area (Å²) in [6.45, 7) is 1.89. The first-order valence-electron chi connectivity index (χ1n) is 10.4. The molecule has 2 heterocycles. The Kier molecular flexibility index (Phi) is 3.81. The van der Waals surface area contributed by atoms with Crippen molar-refractivity contribution < 1.29 is 22.9 Å². The van der Waals surface area contributed by atoms with E-state index in [1.807, 2.05) is 6.92 Å². The number of aryl methyl sites for hydroxylation is 1. The molecule has 0 aromatic heterocycles. The van der Waals surface area contributed by atoms with Crippen molar-refractivity contribution in [3.05, 3.63) is 64.2 Å². The van der Waals surface area contributed by atoms with Crippen molar-refractivity contribution in [2.45, 2.75) is 30.3 Å². The molecule has 7 atom stereocenters. The minimum Gasteiger partial charge on any atom is -0.274 e. The third-order valence-corrected chi connectivity index (χ3v) is 9.42. The number of fused-ring (bicyclic) bond motifs is 8. The van der Waals surface area contributed by atoms with Gasteiger partial charge in [-0.2, -0.15) is 4.31 Å². The number of nitrogens with zero attached hydrogens (tertiary/aromatic N) is 3. The number of carbonyl (C=O) groups excluding carboxylic acids is 2. The number of amides is 2. The molecule has 0 N–H and O–H groups in total. The Hall–Kier alpha value is -3.11. The van der Waals surface area contributed by atoms with Crippen molar-refractivity contribution >= 4 is 33.2 Å². The molecular weight excluding hydrogens is 434 g/mol. The first-order valence-corrected chi connectivity index (χ1v) is 11.9. The fraction of sp³-hybridized carbons (Fsp3) is 0.364. The smallest absolute Gasteiger partial charge is 0.269 e. The summed E-state index contributed by atoms with van der Waals surface area (Å²) >= 11 is 0. The Bertz CT molecular complexity index is 1260. The number of sulfonamides is 1. The van der Waals surface area contributed by atoms with E-state index in [-0.39, 0.29) is 46.3 Å². The standard InChI is InChI=1S/C22H19N3O6S/c1-11-2-8-14(9-3-11)32(30,31)24-19-15-10-16(20(19)24)18-17(15)21(26)23(22(18)27)12-4-6-13(7-5-12)25(28)29/h2-9,15-20H,10H2,1H3/t15-,16+,17-,18+,19+,20-,24?. The van der Waals surface area contributed by atoms with Crippen LogP contribution in [0.4, 0.5) is 11.4 Å². The highest BCUT2D eigenvalue weighted by atomic mass is 32.2. The van der Waals surface area contributed by atoms with Gasteiger partial charge in [0, 0.05) is 24.2 Å². The van der Waals surface area contributed by atoms with Crippen molar-refractivity contribution in [2.24, 2.45) is 23.7 Å². The van der Waals surface area contributed by atoms with Crippen LogP contribution in [0.15, 0.2) is 53.4 Å². The summed E-state index contributed by atoms with van der Waals surface area (Å²) in [6, 6.07) is 11.6. The monoisotopic (exact) mass is 453 g/mol. The van der Waals surface area contributed by atoms with E-state index in [1.165, 1.54) is 28.6 Å². The van der Waals surface area contributed by atoms with Gasteiger partial charge in [-0.15, -0.1) is 0 Å². The van der Waals surface area contributed by atoms with Crippen LogP contribution < -0.4 is 4.90 Å². The molecule has 2 bridgehead atoms. The third-order valence-electron chi connectivity index (χ3n) is 7.51. The predicted octanol–water partition coefficient (Wildman–Crippen LogP) is 2.10. The zero-order valence-corrected chi connectivity index (χ0v) is 17.8. The first-order chi connectivity index (χ1) is 15.2. The van der Waals surface area contributed by atoms with Gasteiger partial charge in [0.25, 0.3) is 5.69 Å². The topological polar surface area (TPSA) is 118 Å². The fourth-order valence-electron chi connectivity index (χ4n) is 6.18. The number of hydrogen-bond acceptors (Lipinski definition) is 6. The Balaban J connectivity index is 1.28. The molecule has 164 valence electrons. The number of anilines is 1. The molecule has 2 aliphatic carbocycles. The number of hydrogen-bond donors (Lipinski definition) is 0. The van der Waals surface area contributed by atoms with Crippen molar-refractivity contribution in [1.29, 1.82) is 0 Å². The highest BCUT2D eigenvalue weighted by molar-refractivity contribution is 7.89. The summed E-state index contributed by atoms with van der Waals surface area (Å²) in [6.07, 6.45) is 0.677. The van der Waals surface area contributed by atoms with E-state index in [2.05, 4.69) is 0 Å². The molecule has 9 nitrogen and oxygen atoms in total. The lowest BCUT2D eigenvalue weighted by Gasteiger charge is -2.20. The average Bonchev–Trinajstić information content (AvgIpc) is 3.15. The molecule has 4 aliphatic rings. The normalized spacial score (nSPS) is 34.5. The van der Waals surface area contributed by atoms with Gasteiger partial charge in [0.15, 0.2) is 0 Å². The summed E-state index contributed by atoms with van der Waals surface area (Å²) in [7, 11) is -3.68. The van der Waals surface area contributed by atoms with E-state index in [4.69, 9.17) is 0 Å². The molecule has 4 fully saturated rings. The quantitative estimate of drug-likeness (QED) is 0.303. The van der Waals surface area contributed by atoms with Crippen molar-refractivity contribution in [1.82, 2.24) is 4.31 Å². The molecule has 0 radical (unpaired) electrons. The van der Waals surface area contributed by atoms with Crippen LogP contribution >= 0.6 is 0 Å². The zero-order valence-electron chi connectivity index (χ0n) is 17.0. The van der Waals surface area contributed by atoms with Gasteiger partial charge in [-0.25, -0.2) is 8.42 Å². The second-order valence-electron chi connectivity index (χ2n) is 9.03. The predicted molar refractivity (Wildman–Crippen MR) is 112 cm³/mol. The molecule has 1 unspecified atom stereocenters. The van der Waals surface area contributed by atoms with Crippen LogP contribution in [0.2, 0.25) is 0 Å². The lowest BCUT2D eigenvalue weighted by Crippen LogP contribution is -2.34. The van der Waals surface area contributed by atoms with Crippen LogP contribution in [-0.4, -0.2) is 41.5 Å². The van der Waals surface area contributed by atoms with Crippen molar-refractivity contribution in [2.75, 3.05) is 4.90 Å². The zero-order chi connectivity index (χ0) is 22.5. The molecule has 2 aliphatic heterocycles. The van der Waals surface area contributed by atoms with E-state index < -0.39 is 26.8 Å². The van der Waals surface area contributed by atoms with E-state index in [9.17, 15) is 28.1 Å². The Labute approximate surface area is 183 Å². The van der Waals surface area contributed by atoms with Crippen LogP contribution in [-0.2, 0) is 19.6 Å². The summed E-state index contributed by atoms with van der Waals surface area (Å²) in [5.41, 5.74) is 1.16. The maximum absolute atomic E-state index is 13.2. The summed E-state index contributed by atoms with van der Waals surface area (Å²) in [5, 5.41) is 10.9. The molecule has 10 heteroatoms. The molecule has 32 heavy (non-hydrogen) atoms. The van der Waals surface area contributed by atoms with Crippen LogP contribution in [0.3, 0.4) is 0 Å². The second-order valence-corrected chi connectivity index (χ2v) is 10.9. The third kappa shape index (κ3) is 2.39. The molecule has 6 rings (SSSR count).